The molecular weight excluding hydrogens is 483 g/mol. The zero-order valence-electron chi connectivity index (χ0n) is 17.4. The predicted molar refractivity (Wildman–Crippen MR) is 138 cm³/mol. The molecule has 0 spiro atoms. The van der Waals surface area contributed by atoms with Crippen LogP contribution in [0.5, 0.6) is 0 Å². The van der Waals surface area contributed by atoms with Gasteiger partial charge in [-0.3, -0.25) is 0 Å². The summed E-state index contributed by atoms with van der Waals surface area (Å²) in [5.74, 6) is 5.08. The summed E-state index contributed by atoms with van der Waals surface area (Å²) in [6.45, 7) is 0. The number of benzene rings is 2. The molecule has 34 heavy (non-hydrogen) atoms. The van der Waals surface area contributed by atoms with Gasteiger partial charge in [-0.25, -0.2) is 4.79 Å². The second-order valence-corrected chi connectivity index (χ2v) is 9.67. The molecule has 162 valence electrons. The third kappa shape index (κ3) is 4.39. The van der Waals surface area contributed by atoms with Gasteiger partial charge in [-0.05, 0) is 47.4 Å². The third-order valence-corrected chi connectivity index (χ3v) is 7.44. The largest absolute Gasteiger partial charge is 0.477 e. The zero-order valence-corrected chi connectivity index (χ0v) is 19.8. The van der Waals surface area contributed by atoms with E-state index in [2.05, 4.69) is 50.2 Å². The van der Waals surface area contributed by atoms with E-state index in [4.69, 9.17) is 10.4 Å². The van der Waals surface area contributed by atoms with E-state index in [1.807, 2.05) is 12.1 Å². The maximum absolute atomic E-state index is 11.0. The van der Waals surface area contributed by atoms with E-state index in [0.29, 0.717) is 5.56 Å². The molecule has 0 aliphatic rings. The van der Waals surface area contributed by atoms with Gasteiger partial charge in [0.05, 0.1) is 16.6 Å². The first kappa shape index (κ1) is 21.7. The molecule has 0 amide bonds. The lowest BCUT2D eigenvalue weighted by Gasteiger charge is -2.03. The van der Waals surface area contributed by atoms with E-state index in [1.54, 1.807) is 53.0 Å². The molecule has 0 aliphatic carbocycles. The molecule has 0 atom stereocenters. The van der Waals surface area contributed by atoms with Gasteiger partial charge in [-0.1, -0.05) is 42.2 Å². The van der Waals surface area contributed by atoms with Crippen LogP contribution >= 0.6 is 34.4 Å². The van der Waals surface area contributed by atoms with Crippen molar-refractivity contribution in [1.29, 1.82) is 5.26 Å². The monoisotopic (exact) mass is 495 g/mol. The topological polar surface area (TPSA) is 86.9 Å². The van der Waals surface area contributed by atoms with Crippen LogP contribution in [0.1, 0.15) is 16.0 Å². The first-order valence-electron chi connectivity index (χ1n) is 9.99. The van der Waals surface area contributed by atoms with Crippen LogP contribution in [0.2, 0.25) is 0 Å². The standard InChI is InChI=1S/C26H13N3O2S3/c27-15-18(26(30)31)14-17-5-3-16(4-6-17)7-8-19-9-12-23(33-19)21-11-10-20(22-2-1-13-32-22)24-25(21)29-34-28-24/h1-6,9-14H,(H,30,31)/b18-14-. The van der Waals surface area contributed by atoms with Crippen molar-refractivity contribution in [3.05, 3.63) is 87.6 Å². The molecule has 0 saturated carbocycles. The first-order chi connectivity index (χ1) is 16.6. The number of nitriles is 1. The summed E-state index contributed by atoms with van der Waals surface area (Å²) in [6, 6.07) is 21.1. The van der Waals surface area contributed by atoms with Gasteiger partial charge in [0.25, 0.3) is 0 Å². The van der Waals surface area contributed by atoms with E-state index in [1.165, 1.54) is 22.7 Å². The van der Waals surface area contributed by atoms with Gasteiger partial charge in [0.1, 0.15) is 22.7 Å². The molecule has 2 aromatic carbocycles. The van der Waals surface area contributed by atoms with E-state index in [9.17, 15) is 4.79 Å². The Bertz CT molecular complexity index is 1640. The highest BCUT2D eigenvalue weighted by Gasteiger charge is 2.15. The number of aromatic nitrogens is 2. The van der Waals surface area contributed by atoms with E-state index >= 15 is 0 Å². The average Bonchev–Trinajstić information content (AvgIpc) is 3.63. The lowest BCUT2D eigenvalue weighted by Crippen LogP contribution is -1.97. The van der Waals surface area contributed by atoms with Crippen LogP contribution in [0.3, 0.4) is 0 Å². The fourth-order valence-corrected chi connectivity index (χ4v) is 5.56. The molecule has 8 heteroatoms. The van der Waals surface area contributed by atoms with Crippen LogP contribution in [0.25, 0.3) is 38.0 Å². The van der Waals surface area contributed by atoms with Gasteiger partial charge in [0, 0.05) is 26.4 Å². The summed E-state index contributed by atoms with van der Waals surface area (Å²) in [5, 5.41) is 19.9. The molecule has 0 unspecified atom stereocenters. The van der Waals surface area contributed by atoms with Gasteiger partial charge in [0.15, 0.2) is 0 Å². The molecule has 5 nitrogen and oxygen atoms in total. The number of hydrogen-bond acceptors (Lipinski definition) is 7. The van der Waals surface area contributed by atoms with Crippen LogP contribution < -0.4 is 0 Å². The SMILES string of the molecule is N#C/C(=C/c1ccc(C#Cc2ccc(-c3ccc(-c4cccs4)c4nsnc34)s2)cc1)C(=O)O. The summed E-state index contributed by atoms with van der Waals surface area (Å²) in [5.41, 5.74) is 5.09. The van der Waals surface area contributed by atoms with Crippen molar-refractivity contribution in [2.45, 2.75) is 0 Å². The van der Waals surface area contributed by atoms with Gasteiger partial charge in [-0.2, -0.15) is 14.0 Å². The van der Waals surface area contributed by atoms with Crippen LogP contribution in [-0.2, 0) is 4.79 Å². The second-order valence-electron chi connectivity index (χ2n) is 7.11. The number of rotatable bonds is 4. The number of fused-ring (bicyclic) bond motifs is 1. The Labute approximate surface area is 207 Å². The summed E-state index contributed by atoms with van der Waals surface area (Å²) in [6.07, 6.45) is 1.34. The van der Waals surface area contributed by atoms with Crippen molar-refractivity contribution in [1.82, 2.24) is 8.75 Å². The molecule has 0 saturated heterocycles. The van der Waals surface area contributed by atoms with Crippen molar-refractivity contribution in [3.63, 3.8) is 0 Å². The Morgan fingerprint density at radius 2 is 1.65 bits per heavy atom. The van der Waals surface area contributed by atoms with Gasteiger partial charge in [0.2, 0.25) is 0 Å². The molecule has 3 heterocycles. The molecule has 0 bridgehead atoms. The quantitative estimate of drug-likeness (QED) is 0.174. The molecule has 3 aromatic heterocycles. The highest BCUT2D eigenvalue weighted by atomic mass is 32.1. The van der Waals surface area contributed by atoms with Gasteiger partial charge in [-0.15, -0.1) is 22.7 Å². The predicted octanol–water partition coefficient (Wildman–Crippen LogP) is 6.54. The average molecular weight is 496 g/mol. The number of carboxylic acid groups (broad SMARTS) is 1. The highest BCUT2D eigenvalue weighted by Crippen LogP contribution is 2.38. The molecule has 0 aliphatic heterocycles. The minimum absolute atomic E-state index is 0.308. The van der Waals surface area contributed by atoms with Crippen LogP contribution in [0, 0.1) is 23.2 Å². The lowest BCUT2D eigenvalue weighted by molar-refractivity contribution is -0.132. The minimum atomic E-state index is -1.24. The lowest BCUT2D eigenvalue weighted by atomic mass is 10.1. The third-order valence-electron chi connectivity index (χ3n) is 4.98. The van der Waals surface area contributed by atoms with Crippen molar-refractivity contribution >= 4 is 57.5 Å². The number of nitrogens with zero attached hydrogens (tertiary/aromatic N) is 3. The van der Waals surface area contributed by atoms with E-state index < -0.39 is 5.97 Å². The molecular formula is C26H13N3O2S3. The van der Waals surface area contributed by atoms with Crippen molar-refractivity contribution < 1.29 is 9.90 Å². The minimum Gasteiger partial charge on any atom is -0.477 e. The van der Waals surface area contributed by atoms with E-state index in [0.717, 1.165) is 37.5 Å². The Hall–Kier alpha value is -4.08. The van der Waals surface area contributed by atoms with Crippen molar-refractivity contribution in [2.75, 3.05) is 0 Å². The molecule has 5 rings (SSSR count). The van der Waals surface area contributed by atoms with Gasteiger partial charge >= 0.3 is 5.97 Å². The second kappa shape index (κ2) is 9.42. The number of carbonyl (C=O) groups is 1. The number of thiophene rings is 2. The van der Waals surface area contributed by atoms with Crippen LogP contribution in [0.15, 0.2) is 71.6 Å². The number of aliphatic carboxylic acids is 1. The molecule has 0 fully saturated rings. The highest BCUT2D eigenvalue weighted by molar-refractivity contribution is 7.16. The Balaban J connectivity index is 1.40. The van der Waals surface area contributed by atoms with Crippen molar-refractivity contribution in [2.24, 2.45) is 0 Å². The van der Waals surface area contributed by atoms with E-state index in [-0.39, 0.29) is 5.57 Å². The summed E-state index contributed by atoms with van der Waals surface area (Å²) < 4.78 is 9.10. The first-order valence-corrected chi connectivity index (χ1v) is 12.4. The summed E-state index contributed by atoms with van der Waals surface area (Å²) in [4.78, 5) is 14.2. The Morgan fingerprint density at radius 3 is 2.29 bits per heavy atom. The number of carboxylic acids is 1. The molecule has 1 N–H and O–H groups in total. The zero-order chi connectivity index (χ0) is 23.5. The van der Waals surface area contributed by atoms with Crippen molar-refractivity contribution in [3.8, 4) is 38.8 Å². The Kier molecular flexibility index (Phi) is 6.03. The van der Waals surface area contributed by atoms with Crippen LogP contribution in [0.4, 0.5) is 0 Å². The van der Waals surface area contributed by atoms with Gasteiger partial charge < -0.3 is 5.11 Å². The fraction of sp³-hybridized carbons (Fsp3) is 0. The number of hydrogen-bond donors (Lipinski definition) is 1. The maximum Gasteiger partial charge on any atom is 0.346 e. The smallest absolute Gasteiger partial charge is 0.346 e. The summed E-state index contributed by atoms with van der Waals surface area (Å²) in [7, 11) is 0. The maximum atomic E-state index is 11.0. The fourth-order valence-electron chi connectivity index (χ4n) is 3.35. The Morgan fingerprint density at radius 1 is 0.912 bits per heavy atom. The molecule has 5 aromatic rings. The summed E-state index contributed by atoms with van der Waals surface area (Å²) >= 11 is 4.51. The van der Waals surface area contributed by atoms with Crippen LogP contribution in [-0.4, -0.2) is 19.8 Å². The normalized spacial score (nSPS) is 11.1. The molecule has 0 radical (unpaired) electrons.